The van der Waals surface area contributed by atoms with Gasteiger partial charge in [-0.15, -0.1) is 0 Å². The Bertz CT molecular complexity index is 947. The van der Waals surface area contributed by atoms with Gasteiger partial charge in [0.2, 0.25) is 0 Å². The van der Waals surface area contributed by atoms with Gasteiger partial charge in [-0.25, -0.2) is 9.67 Å². The molecule has 6 nitrogen and oxygen atoms in total. The molecule has 0 unspecified atom stereocenters. The van der Waals surface area contributed by atoms with Gasteiger partial charge in [0.05, 0.1) is 22.8 Å². The van der Waals surface area contributed by atoms with Crippen molar-refractivity contribution in [3.05, 3.63) is 47.7 Å². The number of amides is 1. The number of nitrogens with one attached hydrogen (secondary N) is 1. The van der Waals surface area contributed by atoms with E-state index >= 15 is 0 Å². The number of rotatable bonds is 7. The fraction of sp³-hybridized carbons (Fsp3) is 0.381. The Morgan fingerprint density at radius 3 is 2.78 bits per heavy atom. The molecule has 1 N–H and O–H groups in total. The van der Waals surface area contributed by atoms with Crippen molar-refractivity contribution in [3.63, 3.8) is 0 Å². The molecule has 0 aliphatic carbocycles. The summed E-state index contributed by atoms with van der Waals surface area (Å²) in [5.41, 5.74) is 4.25. The van der Waals surface area contributed by atoms with Crippen LogP contribution in [0.25, 0.3) is 22.3 Å². The highest BCUT2D eigenvalue weighted by atomic mass is 16.5. The van der Waals surface area contributed by atoms with E-state index in [0.717, 1.165) is 34.3 Å². The van der Waals surface area contributed by atoms with Crippen LogP contribution in [0.4, 0.5) is 0 Å². The zero-order valence-corrected chi connectivity index (χ0v) is 16.3. The van der Waals surface area contributed by atoms with Crippen molar-refractivity contribution in [1.82, 2.24) is 20.1 Å². The summed E-state index contributed by atoms with van der Waals surface area (Å²) in [7, 11) is 1.66. The molecule has 0 aliphatic rings. The molecule has 2 aromatic heterocycles. The lowest BCUT2D eigenvalue weighted by atomic mass is 10.0. The van der Waals surface area contributed by atoms with Crippen LogP contribution in [-0.2, 0) is 4.74 Å². The van der Waals surface area contributed by atoms with E-state index in [1.165, 1.54) is 0 Å². The highest BCUT2D eigenvalue weighted by Crippen LogP contribution is 2.28. The highest BCUT2D eigenvalue weighted by Gasteiger charge is 2.18. The maximum absolute atomic E-state index is 12.9. The van der Waals surface area contributed by atoms with Crippen molar-refractivity contribution < 1.29 is 9.53 Å². The summed E-state index contributed by atoms with van der Waals surface area (Å²) < 4.78 is 6.90. The minimum Gasteiger partial charge on any atom is -0.385 e. The summed E-state index contributed by atoms with van der Waals surface area (Å²) in [5, 5.41) is 8.20. The molecule has 3 rings (SSSR count). The summed E-state index contributed by atoms with van der Waals surface area (Å²) in [6.07, 6.45) is 2.50. The van der Waals surface area contributed by atoms with Crippen molar-refractivity contribution in [2.45, 2.75) is 33.2 Å². The van der Waals surface area contributed by atoms with E-state index in [4.69, 9.17) is 9.72 Å². The first-order valence-electron chi connectivity index (χ1n) is 9.24. The van der Waals surface area contributed by atoms with Gasteiger partial charge in [-0.3, -0.25) is 4.79 Å². The van der Waals surface area contributed by atoms with E-state index in [2.05, 4.69) is 24.3 Å². The van der Waals surface area contributed by atoms with E-state index in [1.807, 2.05) is 41.9 Å². The molecule has 0 spiro atoms. The van der Waals surface area contributed by atoms with Gasteiger partial charge in [-0.2, -0.15) is 5.10 Å². The van der Waals surface area contributed by atoms with Crippen molar-refractivity contribution in [2.24, 2.45) is 0 Å². The lowest BCUT2D eigenvalue weighted by molar-refractivity contribution is 0.0950. The van der Waals surface area contributed by atoms with Crippen LogP contribution in [0.3, 0.4) is 0 Å². The number of fused-ring (bicyclic) bond motifs is 1. The standard InChI is InChI=1S/C21H26N4O2/c1-14(2)25-20-18(13-23-25)17(21(26)22-10-7-11-27-4)12-19(24-20)16-9-6-5-8-15(16)3/h5-6,8-9,12-14H,7,10-11H2,1-4H3,(H,22,26). The molecular weight excluding hydrogens is 340 g/mol. The molecule has 6 heteroatoms. The maximum atomic E-state index is 12.9. The van der Waals surface area contributed by atoms with Crippen LogP contribution in [0.15, 0.2) is 36.5 Å². The fourth-order valence-electron chi connectivity index (χ4n) is 3.10. The van der Waals surface area contributed by atoms with Crippen LogP contribution in [0.2, 0.25) is 0 Å². The molecule has 1 amide bonds. The van der Waals surface area contributed by atoms with Gasteiger partial charge >= 0.3 is 0 Å². The first-order valence-corrected chi connectivity index (χ1v) is 9.24. The number of carbonyl (C=O) groups is 1. The van der Waals surface area contributed by atoms with Gasteiger partial charge in [0.25, 0.3) is 5.91 Å². The lowest BCUT2D eigenvalue weighted by Gasteiger charge is -2.12. The van der Waals surface area contributed by atoms with E-state index in [-0.39, 0.29) is 11.9 Å². The Morgan fingerprint density at radius 2 is 2.07 bits per heavy atom. The number of methoxy groups -OCH3 is 1. The van der Waals surface area contributed by atoms with Crippen LogP contribution in [0.5, 0.6) is 0 Å². The van der Waals surface area contributed by atoms with Gasteiger partial charge in [0, 0.05) is 31.9 Å². The molecule has 0 atom stereocenters. The van der Waals surface area contributed by atoms with Gasteiger partial charge < -0.3 is 10.1 Å². The normalized spacial score (nSPS) is 11.3. The number of benzene rings is 1. The Morgan fingerprint density at radius 1 is 1.30 bits per heavy atom. The summed E-state index contributed by atoms with van der Waals surface area (Å²) in [6.45, 7) is 7.34. The molecule has 0 saturated heterocycles. The molecule has 0 saturated carbocycles. The summed E-state index contributed by atoms with van der Waals surface area (Å²) in [6, 6.07) is 10.1. The van der Waals surface area contributed by atoms with Crippen molar-refractivity contribution in [3.8, 4) is 11.3 Å². The van der Waals surface area contributed by atoms with Crippen LogP contribution >= 0.6 is 0 Å². The topological polar surface area (TPSA) is 69.0 Å². The van der Waals surface area contributed by atoms with E-state index in [9.17, 15) is 4.79 Å². The third-order valence-corrected chi connectivity index (χ3v) is 4.53. The van der Waals surface area contributed by atoms with Crippen molar-refractivity contribution >= 4 is 16.9 Å². The number of hydrogen-bond donors (Lipinski definition) is 1. The second kappa shape index (κ2) is 8.31. The molecule has 27 heavy (non-hydrogen) atoms. The SMILES string of the molecule is COCCCNC(=O)c1cc(-c2ccccc2C)nc2c1cnn2C(C)C. The van der Waals surface area contributed by atoms with Crippen molar-refractivity contribution in [2.75, 3.05) is 20.3 Å². The minimum absolute atomic E-state index is 0.114. The monoisotopic (exact) mass is 366 g/mol. The van der Waals surface area contributed by atoms with Crippen LogP contribution in [0.1, 0.15) is 42.2 Å². The van der Waals surface area contributed by atoms with Gasteiger partial charge in [0.15, 0.2) is 5.65 Å². The quantitative estimate of drug-likeness (QED) is 0.647. The second-order valence-electron chi connectivity index (χ2n) is 6.89. The average molecular weight is 366 g/mol. The van der Waals surface area contributed by atoms with Crippen molar-refractivity contribution in [1.29, 1.82) is 0 Å². The van der Waals surface area contributed by atoms with E-state index in [0.29, 0.717) is 18.7 Å². The summed E-state index contributed by atoms with van der Waals surface area (Å²) in [5.74, 6) is -0.114. The molecule has 0 aliphatic heterocycles. The van der Waals surface area contributed by atoms with E-state index in [1.54, 1.807) is 13.3 Å². The Hall–Kier alpha value is -2.73. The fourth-order valence-corrected chi connectivity index (χ4v) is 3.10. The van der Waals surface area contributed by atoms with Crippen LogP contribution in [0, 0.1) is 6.92 Å². The third kappa shape index (κ3) is 4.01. The van der Waals surface area contributed by atoms with E-state index < -0.39 is 0 Å². The van der Waals surface area contributed by atoms with Gasteiger partial charge in [-0.1, -0.05) is 24.3 Å². The largest absolute Gasteiger partial charge is 0.385 e. The predicted octanol–water partition coefficient (Wildman–Crippen LogP) is 3.75. The molecule has 0 fully saturated rings. The summed E-state index contributed by atoms with van der Waals surface area (Å²) in [4.78, 5) is 17.7. The molecule has 1 aromatic carbocycles. The average Bonchev–Trinajstić information content (AvgIpc) is 3.09. The smallest absolute Gasteiger partial charge is 0.252 e. The summed E-state index contributed by atoms with van der Waals surface area (Å²) >= 11 is 0. The number of hydrogen-bond acceptors (Lipinski definition) is 4. The Labute approximate surface area is 159 Å². The second-order valence-corrected chi connectivity index (χ2v) is 6.89. The van der Waals surface area contributed by atoms with Gasteiger partial charge in [0.1, 0.15) is 0 Å². The van der Waals surface area contributed by atoms with Crippen LogP contribution < -0.4 is 5.32 Å². The Kier molecular flexibility index (Phi) is 5.86. The predicted molar refractivity (Wildman–Crippen MR) is 107 cm³/mol. The number of nitrogens with zero attached hydrogens (tertiary/aromatic N) is 3. The first-order chi connectivity index (χ1) is 13.0. The molecule has 0 radical (unpaired) electrons. The molecule has 2 heterocycles. The number of pyridine rings is 1. The number of aryl methyl sites for hydroxylation is 1. The zero-order valence-electron chi connectivity index (χ0n) is 16.3. The molecule has 0 bridgehead atoms. The third-order valence-electron chi connectivity index (χ3n) is 4.53. The zero-order chi connectivity index (χ0) is 19.4. The molecular formula is C21H26N4O2. The van der Waals surface area contributed by atoms with Gasteiger partial charge in [-0.05, 0) is 38.8 Å². The number of carbonyl (C=O) groups excluding carboxylic acids is 1. The lowest BCUT2D eigenvalue weighted by Crippen LogP contribution is -2.25. The number of aromatic nitrogens is 3. The maximum Gasteiger partial charge on any atom is 0.252 e. The van der Waals surface area contributed by atoms with Crippen LogP contribution in [-0.4, -0.2) is 40.9 Å². The Balaban J connectivity index is 2.08. The molecule has 142 valence electrons. The first kappa shape index (κ1) is 19.0. The highest BCUT2D eigenvalue weighted by molar-refractivity contribution is 6.06. The molecule has 3 aromatic rings. The minimum atomic E-state index is -0.114. The number of ether oxygens (including phenoxy) is 1.